The number of carboxylic acids is 1. The van der Waals surface area contributed by atoms with Crippen molar-refractivity contribution < 1.29 is 19.0 Å². The number of nitrogens with one attached hydrogen (secondary N) is 1. The monoisotopic (exact) mass is 471 g/mol. The number of nitrogens with zero attached hydrogens (tertiary/aromatic N) is 2. The number of aliphatic carboxylic acids is 1. The molecule has 0 radical (unpaired) electrons. The normalized spacial score (nSPS) is 17.1. The molecule has 2 aromatic carbocycles. The van der Waals surface area contributed by atoms with E-state index in [0.717, 1.165) is 29.2 Å². The van der Waals surface area contributed by atoms with Gasteiger partial charge in [-0.2, -0.15) is 15.9 Å². The number of anilines is 3. The van der Waals surface area contributed by atoms with Gasteiger partial charge in [0.25, 0.3) is 0 Å². The Morgan fingerprint density at radius 3 is 2.36 bits per heavy atom. The van der Waals surface area contributed by atoms with Gasteiger partial charge in [-0.1, -0.05) is 19.9 Å². The maximum Gasteiger partial charge on any atom is 0.304 e. The molecule has 0 spiro atoms. The molecule has 0 aromatic heterocycles. The van der Waals surface area contributed by atoms with Crippen LogP contribution in [0, 0.1) is 11.3 Å². The molecule has 0 amide bonds. The van der Waals surface area contributed by atoms with Crippen LogP contribution in [0.2, 0.25) is 0 Å². The second-order valence-corrected chi connectivity index (χ2v) is 11.6. The van der Waals surface area contributed by atoms with Gasteiger partial charge in [0.2, 0.25) is 0 Å². The summed E-state index contributed by atoms with van der Waals surface area (Å²) in [4.78, 5) is 13.7. The van der Waals surface area contributed by atoms with Crippen molar-refractivity contribution in [1.82, 2.24) is 0 Å². The van der Waals surface area contributed by atoms with Gasteiger partial charge < -0.3 is 15.3 Å². The van der Waals surface area contributed by atoms with Crippen LogP contribution in [0.25, 0.3) is 0 Å². The van der Waals surface area contributed by atoms with Gasteiger partial charge in [0, 0.05) is 35.2 Å². The van der Waals surface area contributed by atoms with Crippen LogP contribution in [0.15, 0.2) is 42.5 Å². The third kappa shape index (κ3) is 6.20. The summed E-state index contributed by atoms with van der Waals surface area (Å²) in [7, 11) is -2.47. The van der Waals surface area contributed by atoms with E-state index in [1.165, 1.54) is 0 Å². The lowest BCUT2D eigenvalue weighted by molar-refractivity contribution is -0.138. The summed E-state index contributed by atoms with van der Waals surface area (Å²) in [5.74, 6) is -0.0194. The Morgan fingerprint density at radius 2 is 1.82 bits per heavy atom. The molecule has 0 aliphatic carbocycles. The average Bonchev–Trinajstić information content (AvgIpc) is 2.75. The topological polar surface area (TPSA) is 117 Å². The van der Waals surface area contributed by atoms with Crippen LogP contribution in [0.3, 0.4) is 0 Å². The van der Waals surface area contributed by atoms with Gasteiger partial charge >= 0.3 is 5.97 Å². The van der Waals surface area contributed by atoms with Crippen LogP contribution in [0.5, 0.6) is 0 Å². The highest BCUT2D eigenvalue weighted by atomic mass is 32.3. The summed E-state index contributed by atoms with van der Waals surface area (Å²) in [5.41, 5.74) is 3.61. The fourth-order valence-corrected chi connectivity index (χ4v) is 5.91. The molecule has 1 saturated heterocycles. The highest BCUT2D eigenvalue weighted by Gasteiger charge is 2.30. The molecule has 1 heterocycles. The van der Waals surface area contributed by atoms with Crippen molar-refractivity contribution in [2.24, 2.45) is 0 Å². The molecule has 2 aromatic rings. The first-order chi connectivity index (χ1) is 15.5. The maximum absolute atomic E-state index is 11.4. The first-order valence-electron chi connectivity index (χ1n) is 11.2. The van der Waals surface area contributed by atoms with E-state index in [1.807, 2.05) is 44.2 Å². The Kier molecular flexibility index (Phi) is 7.58. The summed E-state index contributed by atoms with van der Waals surface area (Å²) in [6.45, 7) is 6.68. The van der Waals surface area contributed by atoms with E-state index in [1.54, 1.807) is 12.1 Å². The predicted molar refractivity (Wildman–Crippen MR) is 135 cm³/mol. The summed E-state index contributed by atoms with van der Waals surface area (Å²) < 4.78 is 20.1. The van der Waals surface area contributed by atoms with E-state index in [2.05, 4.69) is 23.2 Å². The number of benzene rings is 2. The minimum Gasteiger partial charge on any atom is -0.481 e. The summed E-state index contributed by atoms with van der Waals surface area (Å²) in [6, 6.07) is 15.5. The van der Waals surface area contributed by atoms with Crippen LogP contribution in [0.1, 0.15) is 51.2 Å². The van der Waals surface area contributed by atoms with Crippen molar-refractivity contribution in [3.63, 3.8) is 0 Å². The van der Waals surface area contributed by atoms with Crippen molar-refractivity contribution >= 4 is 33.6 Å². The SMILES string of the molecule is CCN(c1ccc(C(C)(C)CC(=O)O)cc1Nc1ccc(C#N)cc1)C1CCS(O)(O)CC1. The van der Waals surface area contributed by atoms with E-state index in [9.17, 15) is 19.0 Å². The van der Waals surface area contributed by atoms with Crippen molar-refractivity contribution in [3.8, 4) is 6.07 Å². The Labute approximate surface area is 197 Å². The lowest BCUT2D eigenvalue weighted by atomic mass is 9.81. The summed E-state index contributed by atoms with van der Waals surface area (Å²) in [6.07, 6.45) is 1.43. The van der Waals surface area contributed by atoms with Crippen LogP contribution < -0.4 is 10.2 Å². The highest BCUT2D eigenvalue weighted by Crippen LogP contribution is 2.46. The second-order valence-electron chi connectivity index (χ2n) is 9.23. The van der Waals surface area contributed by atoms with Crippen LogP contribution in [-0.2, 0) is 10.2 Å². The second kappa shape index (κ2) is 10.0. The molecular formula is C25H33N3O4S. The third-order valence-corrected chi connectivity index (χ3v) is 8.09. The fraction of sp³-hybridized carbons (Fsp3) is 0.440. The van der Waals surface area contributed by atoms with E-state index in [4.69, 9.17) is 5.26 Å². The molecule has 1 aliphatic heterocycles. The number of hydrogen-bond donors (Lipinski definition) is 4. The van der Waals surface area contributed by atoms with E-state index in [0.29, 0.717) is 29.9 Å². The standard InChI is InChI=1S/C25H33N3O4S/c1-4-28(21-11-13-33(31,32)14-12-21)23-10-7-19(25(2,3)16-24(29)30)15-22(23)27-20-8-5-18(17-26)6-9-20/h5-10,15,21,27,31-32H,4,11-14,16H2,1-3H3,(H,29,30). The van der Waals surface area contributed by atoms with E-state index < -0.39 is 22.0 Å². The van der Waals surface area contributed by atoms with E-state index >= 15 is 0 Å². The molecule has 33 heavy (non-hydrogen) atoms. The molecule has 8 heteroatoms. The van der Waals surface area contributed by atoms with Gasteiger partial charge in [0.1, 0.15) is 0 Å². The Bertz CT molecular complexity index is 1020. The molecule has 1 fully saturated rings. The first kappa shape index (κ1) is 24.9. The fourth-order valence-electron chi connectivity index (χ4n) is 4.40. The molecular weight excluding hydrogens is 438 g/mol. The van der Waals surface area contributed by atoms with Gasteiger partial charge in [0.15, 0.2) is 0 Å². The Hall–Kier alpha value is -2.73. The number of carbonyl (C=O) groups is 1. The number of hydrogen-bond acceptors (Lipinski definition) is 6. The molecule has 0 saturated carbocycles. The Balaban J connectivity index is 2.00. The number of nitriles is 1. The number of carboxylic acid groups (broad SMARTS) is 1. The highest BCUT2D eigenvalue weighted by molar-refractivity contribution is 8.24. The van der Waals surface area contributed by atoms with Gasteiger partial charge in [-0.3, -0.25) is 13.9 Å². The van der Waals surface area contributed by atoms with Crippen molar-refractivity contribution in [2.75, 3.05) is 28.3 Å². The molecule has 4 N–H and O–H groups in total. The van der Waals surface area contributed by atoms with Crippen molar-refractivity contribution in [2.45, 2.75) is 51.5 Å². The van der Waals surface area contributed by atoms with Gasteiger partial charge in [-0.15, -0.1) is 0 Å². The molecule has 3 rings (SSSR count). The van der Waals surface area contributed by atoms with Crippen LogP contribution in [-0.4, -0.2) is 44.3 Å². The molecule has 7 nitrogen and oxygen atoms in total. The third-order valence-electron chi connectivity index (χ3n) is 6.31. The zero-order valence-corrected chi connectivity index (χ0v) is 20.2. The van der Waals surface area contributed by atoms with E-state index in [-0.39, 0.29) is 12.5 Å². The predicted octanol–water partition coefficient (Wildman–Crippen LogP) is 5.79. The smallest absolute Gasteiger partial charge is 0.304 e. The molecule has 0 unspecified atom stereocenters. The van der Waals surface area contributed by atoms with Crippen molar-refractivity contribution in [3.05, 3.63) is 53.6 Å². The minimum atomic E-state index is -2.47. The zero-order valence-electron chi connectivity index (χ0n) is 19.4. The molecule has 0 bridgehead atoms. The first-order valence-corrected chi connectivity index (χ1v) is 13.1. The maximum atomic E-state index is 11.4. The number of rotatable bonds is 8. The largest absolute Gasteiger partial charge is 0.481 e. The molecule has 1 aliphatic rings. The quantitative estimate of drug-likeness (QED) is 0.385. The van der Waals surface area contributed by atoms with Gasteiger partial charge in [0.05, 0.1) is 29.4 Å². The Morgan fingerprint density at radius 1 is 1.18 bits per heavy atom. The lowest BCUT2D eigenvalue weighted by Gasteiger charge is -2.44. The lowest BCUT2D eigenvalue weighted by Crippen LogP contribution is -2.40. The summed E-state index contributed by atoms with van der Waals surface area (Å²) >= 11 is 0. The minimum absolute atomic E-state index is 0.0145. The van der Waals surface area contributed by atoms with Gasteiger partial charge in [-0.25, -0.2) is 0 Å². The molecule has 178 valence electrons. The molecule has 0 atom stereocenters. The summed E-state index contributed by atoms with van der Waals surface area (Å²) in [5, 5.41) is 21.9. The van der Waals surface area contributed by atoms with Crippen LogP contribution in [0.4, 0.5) is 17.1 Å². The average molecular weight is 472 g/mol. The van der Waals surface area contributed by atoms with Crippen molar-refractivity contribution in [1.29, 1.82) is 5.26 Å². The van der Waals surface area contributed by atoms with Crippen LogP contribution >= 0.6 is 10.6 Å². The zero-order chi connectivity index (χ0) is 24.2. The van der Waals surface area contributed by atoms with Gasteiger partial charge in [-0.05, 0) is 61.7 Å².